The van der Waals surface area contributed by atoms with Crippen LogP contribution in [0, 0.1) is 45.9 Å². The van der Waals surface area contributed by atoms with Gasteiger partial charge in [-0.05, 0) is 82.6 Å². The molecule has 3 rings (SSSR count). The molecule has 36 heavy (non-hydrogen) atoms. The Kier molecular flexibility index (Phi) is 8.18. The van der Waals surface area contributed by atoms with Crippen LogP contribution in [0.15, 0.2) is 36.4 Å². The molecule has 3 aromatic rings. The maximum atomic E-state index is 13.0. The quantitative estimate of drug-likeness (QED) is 0.490. The number of benzene rings is 2. The number of carbonyl (C=O) groups is 2. The number of nitriles is 1. The van der Waals surface area contributed by atoms with Gasteiger partial charge in [-0.2, -0.15) is 5.26 Å². The van der Waals surface area contributed by atoms with Gasteiger partial charge in [-0.15, -0.1) is 0 Å². The second kappa shape index (κ2) is 11.1. The van der Waals surface area contributed by atoms with E-state index in [1.54, 1.807) is 19.1 Å². The number of ether oxygens (including phenoxy) is 1. The minimum atomic E-state index is -0.322. The van der Waals surface area contributed by atoms with Crippen molar-refractivity contribution >= 4 is 23.3 Å². The monoisotopic (exact) mass is 487 g/mol. The molecule has 1 heterocycles. The molecule has 1 aromatic heterocycles. The molecule has 0 unspecified atom stereocenters. The Labute approximate surface area is 212 Å². The first kappa shape index (κ1) is 26.5. The first-order valence-electron chi connectivity index (χ1n) is 11.7. The number of anilines is 2. The Hall–Kier alpha value is -4.09. The predicted molar refractivity (Wildman–Crippen MR) is 142 cm³/mol. The van der Waals surface area contributed by atoms with E-state index in [0.29, 0.717) is 17.1 Å². The van der Waals surface area contributed by atoms with E-state index in [2.05, 4.69) is 16.7 Å². The van der Waals surface area contributed by atoms with E-state index in [1.165, 1.54) is 0 Å². The van der Waals surface area contributed by atoms with E-state index in [1.807, 2.05) is 75.6 Å². The lowest BCUT2D eigenvalue weighted by molar-refractivity contribution is -0.119. The van der Waals surface area contributed by atoms with Gasteiger partial charge in [0.1, 0.15) is 17.6 Å². The third-order valence-corrected chi connectivity index (χ3v) is 6.18. The summed E-state index contributed by atoms with van der Waals surface area (Å²) in [5.41, 5.74) is 6.77. The van der Waals surface area contributed by atoms with Gasteiger partial charge in [0.05, 0.1) is 25.8 Å². The molecular formula is C28H33N5O3. The number of aryl methyl sites for hydroxylation is 3. The Morgan fingerprint density at radius 3 is 2.06 bits per heavy atom. The molecule has 0 saturated carbocycles. The average Bonchev–Trinajstić information content (AvgIpc) is 3.04. The largest absolute Gasteiger partial charge is 0.497 e. The third-order valence-electron chi connectivity index (χ3n) is 6.18. The van der Waals surface area contributed by atoms with Gasteiger partial charge in [-0.25, -0.2) is 0 Å². The Morgan fingerprint density at radius 2 is 1.53 bits per heavy atom. The van der Waals surface area contributed by atoms with Crippen molar-refractivity contribution in [2.45, 2.75) is 34.6 Å². The van der Waals surface area contributed by atoms with Crippen molar-refractivity contribution in [1.82, 2.24) is 9.47 Å². The highest BCUT2D eigenvalue weighted by Crippen LogP contribution is 2.30. The maximum absolute atomic E-state index is 13.0. The van der Waals surface area contributed by atoms with Crippen LogP contribution in [0.2, 0.25) is 0 Å². The highest BCUT2D eigenvalue weighted by Gasteiger charge is 2.22. The third kappa shape index (κ3) is 5.75. The summed E-state index contributed by atoms with van der Waals surface area (Å²) in [5.74, 6) is 0.594. The standard InChI is InChI=1S/C28H33N5O3/c1-17-12-18(2)27(19(3)13-17)30-25(34)15-32(6)16-26(35)31-28-24(14-29)20(4)21(5)33(28)22-8-10-23(36-7)11-9-22/h8-13H,15-16H2,1-7H3,(H,30,34)(H,31,35). The van der Waals surface area contributed by atoms with Crippen molar-refractivity contribution in [1.29, 1.82) is 5.26 Å². The summed E-state index contributed by atoms with van der Waals surface area (Å²) in [6.07, 6.45) is 0. The second-order valence-electron chi connectivity index (χ2n) is 9.12. The van der Waals surface area contributed by atoms with Gasteiger partial charge in [0.15, 0.2) is 0 Å². The van der Waals surface area contributed by atoms with Crippen molar-refractivity contribution in [3.8, 4) is 17.5 Å². The van der Waals surface area contributed by atoms with Crippen LogP contribution in [0.4, 0.5) is 11.5 Å². The second-order valence-corrected chi connectivity index (χ2v) is 9.12. The summed E-state index contributed by atoms with van der Waals surface area (Å²) in [6, 6.07) is 13.6. The molecule has 0 atom stereocenters. The Morgan fingerprint density at radius 1 is 0.972 bits per heavy atom. The van der Waals surface area contributed by atoms with Gasteiger partial charge in [0.25, 0.3) is 0 Å². The first-order valence-corrected chi connectivity index (χ1v) is 11.7. The Bertz CT molecular complexity index is 1310. The molecule has 2 amide bonds. The van der Waals surface area contributed by atoms with Crippen LogP contribution in [0.3, 0.4) is 0 Å². The number of aromatic nitrogens is 1. The fourth-order valence-corrected chi connectivity index (χ4v) is 4.39. The number of methoxy groups -OCH3 is 1. The molecule has 0 saturated heterocycles. The topological polar surface area (TPSA) is 99.4 Å². The predicted octanol–water partition coefficient (Wildman–Crippen LogP) is 4.41. The summed E-state index contributed by atoms with van der Waals surface area (Å²) in [4.78, 5) is 27.2. The fraction of sp³-hybridized carbons (Fsp3) is 0.321. The zero-order valence-electron chi connectivity index (χ0n) is 21.9. The van der Waals surface area contributed by atoms with Gasteiger partial charge in [-0.3, -0.25) is 19.1 Å². The van der Waals surface area contributed by atoms with Crippen LogP contribution < -0.4 is 15.4 Å². The number of nitrogens with one attached hydrogen (secondary N) is 2. The minimum Gasteiger partial charge on any atom is -0.497 e. The van der Waals surface area contributed by atoms with Crippen LogP contribution >= 0.6 is 0 Å². The first-order chi connectivity index (χ1) is 17.0. The van der Waals surface area contributed by atoms with Crippen molar-refractivity contribution < 1.29 is 14.3 Å². The SMILES string of the molecule is COc1ccc(-n2c(C)c(C)c(C#N)c2NC(=O)CN(C)CC(=O)Nc2c(C)cc(C)cc2C)cc1. The van der Waals surface area contributed by atoms with Gasteiger partial charge in [-0.1, -0.05) is 17.7 Å². The lowest BCUT2D eigenvalue weighted by atomic mass is 10.1. The minimum absolute atomic E-state index is 0.0178. The van der Waals surface area contributed by atoms with E-state index in [0.717, 1.165) is 39.3 Å². The average molecular weight is 488 g/mol. The molecule has 188 valence electrons. The maximum Gasteiger partial charge on any atom is 0.239 e. The molecule has 8 heteroatoms. The summed E-state index contributed by atoms with van der Waals surface area (Å²) in [7, 11) is 3.30. The lowest BCUT2D eigenvalue weighted by Crippen LogP contribution is -2.36. The van der Waals surface area contributed by atoms with E-state index in [-0.39, 0.29) is 24.9 Å². The summed E-state index contributed by atoms with van der Waals surface area (Å²) < 4.78 is 7.09. The zero-order valence-corrected chi connectivity index (χ0v) is 21.9. The smallest absolute Gasteiger partial charge is 0.239 e. The molecule has 0 fully saturated rings. The van der Waals surface area contributed by atoms with Gasteiger partial charge in [0.2, 0.25) is 11.8 Å². The van der Waals surface area contributed by atoms with Gasteiger partial charge < -0.3 is 15.4 Å². The molecule has 0 radical (unpaired) electrons. The van der Waals surface area contributed by atoms with Crippen molar-refractivity contribution in [3.05, 3.63) is 69.9 Å². The van der Waals surface area contributed by atoms with E-state index in [9.17, 15) is 14.9 Å². The van der Waals surface area contributed by atoms with E-state index in [4.69, 9.17) is 4.74 Å². The van der Waals surface area contributed by atoms with Crippen molar-refractivity contribution in [2.75, 3.05) is 37.9 Å². The van der Waals surface area contributed by atoms with Crippen molar-refractivity contribution in [2.24, 2.45) is 0 Å². The normalized spacial score (nSPS) is 10.8. The molecular weight excluding hydrogens is 454 g/mol. The molecule has 0 bridgehead atoms. The van der Waals surface area contributed by atoms with E-state index >= 15 is 0 Å². The molecule has 0 aliphatic rings. The fourth-order valence-electron chi connectivity index (χ4n) is 4.39. The number of amides is 2. The van der Waals surface area contributed by atoms with Crippen LogP contribution in [-0.4, -0.2) is 48.5 Å². The van der Waals surface area contributed by atoms with Gasteiger partial charge in [0, 0.05) is 17.1 Å². The van der Waals surface area contributed by atoms with Crippen molar-refractivity contribution in [3.63, 3.8) is 0 Å². The van der Waals surface area contributed by atoms with Gasteiger partial charge >= 0.3 is 0 Å². The summed E-state index contributed by atoms with van der Waals surface area (Å²) >= 11 is 0. The molecule has 2 N–H and O–H groups in total. The highest BCUT2D eigenvalue weighted by molar-refractivity contribution is 5.96. The number of nitrogens with zero attached hydrogens (tertiary/aromatic N) is 3. The number of carbonyl (C=O) groups excluding carboxylic acids is 2. The lowest BCUT2D eigenvalue weighted by Gasteiger charge is -2.19. The van der Waals surface area contributed by atoms with Crippen LogP contribution in [0.1, 0.15) is 33.5 Å². The van der Waals surface area contributed by atoms with Crippen LogP contribution in [-0.2, 0) is 9.59 Å². The molecule has 0 aliphatic heterocycles. The molecule has 0 aliphatic carbocycles. The number of likely N-dealkylation sites (N-methyl/N-ethyl adjacent to an activating group) is 1. The highest BCUT2D eigenvalue weighted by atomic mass is 16.5. The summed E-state index contributed by atoms with van der Waals surface area (Å²) in [5, 5.41) is 15.6. The number of hydrogen-bond donors (Lipinski definition) is 2. The molecule has 2 aromatic carbocycles. The number of hydrogen-bond acceptors (Lipinski definition) is 5. The van der Waals surface area contributed by atoms with Crippen LogP contribution in [0.25, 0.3) is 5.69 Å². The Balaban J connectivity index is 1.73. The molecule has 8 nitrogen and oxygen atoms in total. The summed E-state index contributed by atoms with van der Waals surface area (Å²) in [6.45, 7) is 9.72. The number of rotatable bonds is 8. The van der Waals surface area contributed by atoms with E-state index < -0.39 is 0 Å². The van der Waals surface area contributed by atoms with Crippen LogP contribution in [0.5, 0.6) is 5.75 Å². The molecule has 0 spiro atoms. The zero-order chi connectivity index (χ0) is 26.6.